The summed E-state index contributed by atoms with van der Waals surface area (Å²) >= 11 is 0. The minimum absolute atomic E-state index is 0.0663. The number of methoxy groups -OCH3 is 1. The maximum Gasteiger partial charge on any atom is 0.376 e. The van der Waals surface area contributed by atoms with Gasteiger partial charge in [0.15, 0.2) is 0 Å². The van der Waals surface area contributed by atoms with Gasteiger partial charge in [0.1, 0.15) is 5.82 Å². The molecule has 0 atom stereocenters. The summed E-state index contributed by atoms with van der Waals surface area (Å²) in [6.07, 6.45) is 1.54. The highest BCUT2D eigenvalue weighted by atomic mass is 16.5. The number of nitrogens with zero attached hydrogens (tertiary/aromatic N) is 4. The molecular formula is C11H17N5O2. The average Bonchev–Trinajstić information content (AvgIpc) is 2.41. The summed E-state index contributed by atoms with van der Waals surface area (Å²) in [6.45, 7) is 3.83. The summed E-state index contributed by atoms with van der Waals surface area (Å²) in [5.74, 6) is 0.142. The van der Waals surface area contributed by atoms with Crippen LogP contribution in [0.15, 0.2) is 12.3 Å². The van der Waals surface area contributed by atoms with Crippen molar-refractivity contribution in [1.82, 2.24) is 19.9 Å². The first-order chi connectivity index (χ1) is 8.69. The molecule has 0 spiro atoms. The predicted molar refractivity (Wildman–Crippen MR) is 66.1 cm³/mol. The number of anilines is 1. The van der Waals surface area contributed by atoms with Crippen molar-refractivity contribution in [1.29, 1.82) is 0 Å². The van der Waals surface area contributed by atoms with Crippen molar-refractivity contribution in [3.05, 3.63) is 18.1 Å². The van der Waals surface area contributed by atoms with Gasteiger partial charge in [-0.3, -0.25) is 0 Å². The summed E-state index contributed by atoms with van der Waals surface area (Å²) in [5, 5.41) is 2.07. The number of esters is 1. The lowest BCUT2D eigenvalue weighted by Gasteiger charge is -2.32. The number of nitrogens with one attached hydrogen (secondary N) is 1. The molecule has 7 heteroatoms. The fourth-order valence-electron chi connectivity index (χ4n) is 1.69. The lowest BCUT2D eigenvalue weighted by atomic mass is 10.4. The van der Waals surface area contributed by atoms with Crippen molar-refractivity contribution in [2.24, 2.45) is 0 Å². The quantitative estimate of drug-likeness (QED) is 0.748. The first-order valence-corrected chi connectivity index (χ1v) is 5.80. The normalized spacial score (nSPS) is 17.4. The molecule has 0 aliphatic carbocycles. The highest BCUT2D eigenvalue weighted by Gasteiger charge is 2.15. The molecule has 0 bridgehead atoms. The maximum atomic E-state index is 11.3. The Kier molecular flexibility index (Phi) is 4.06. The van der Waals surface area contributed by atoms with Gasteiger partial charge in [0.25, 0.3) is 0 Å². The Hall–Kier alpha value is -1.73. The molecule has 18 heavy (non-hydrogen) atoms. The van der Waals surface area contributed by atoms with Gasteiger partial charge in [-0.15, -0.1) is 0 Å². The minimum atomic E-state index is -0.531. The molecule has 2 heterocycles. The Morgan fingerprint density at radius 3 is 2.78 bits per heavy atom. The predicted octanol–water partition coefficient (Wildman–Crippen LogP) is -0.163. The number of carbonyl (C=O) groups excluding carboxylic acids is 1. The maximum absolute atomic E-state index is 11.3. The van der Waals surface area contributed by atoms with Gasteiger partial charge in [-0.25, -0.2) is 19.8 Å². The Balaban J connectivity index is 1.99. The smallest absolute Gasteiger partial charge is 0.376 e. The Morgan fingerprint density at radius 2 is 2.11 bits per heavy atom. The number of hydrogen-bond donors (Lipinski definition) is 1. The second kappa shape index (κ2) is 5.74. The van der Waals surface area contributed by atoms with Gasteiger partial charge in [-0.1, -0.05) is 0 Å². The van der Waals surface area contributed by atoms with E-state index in [1.54, 1.807) is 6.07 Å². The standard InChI is InChI=1S/C11H17N5O2/c1-15-5-7-16(8-6-15)14-9-3-4-12-10(13-9)11(17)18-2/h3-4H,5-8H2,1-2H3,(H,12,13,14). The molecule has 1 aliphatic heterocycles. The van der Waals surface area contributed by atoms with Crippen molar-refractivity contribution in [2.75, 3.05) is 45.8 Å². The molecule has 1 saturated heterocycles. The van der Waals surface area contributed by atoms with E-state index in [1.165, 1.54) is 13.3 Å². The van der Waals surface area contributed by atoms with E-state index in [0.29, 0.717) is 5.82 Å². The number of piperazine rings is 1. The van der Waals surface area contributed by atoms with Gasteiger partial charge in [0, 0.05) is 38.4 Å². The van der Waals surface area contributed by atoms with Gasteiger partial charge in [-0.05, 0) is 7.05 Å². The molecule has 2 rings (SSSR count). The zero-order valence-electron chi connectivity index (χ0n) is 10.6. The minimum Gasteiger partial charge on any atom is -0.463 e. The van der Waals surface area contributed by atoms with E-state index in [-0.39, 0.29) is 5.82 Å². The largest absolute Gasteiger partial charge is 0.463 e. The highest BCUT2D eigenvalue weighted by molar-refractivity contribution is 5.85. The van der Waals surface area contributed by atoms with Crippen LogP contribution >= 0.6 is 0 Å². The molecule has 98 valence electrons. The molecule has 1 N–H and O–H groups in total. The second-order valence-corrected chi connectivity index (χ2v) is 4.16. The molecule has 7 nitrogen and oxygen atoms in total. The van der Waals surface area contributed by atoms with Crippen LogP contribution in [-0.4, -0.2) is 66.2 Å². The summed E-state index contributed by atoms with van der Waals surface area (Å²) in [5.41, 5.74) is 3.17. The second-order valence-electron chi connectivity index (χ2n) is 4.16. The molecule has 0 radical (unpaired) electrons. The first-order valence-electron chi connectivity index (χ1n) is 5.80. The van der Waals surface area contributed by atoms with E-state index in [9.17, 15) is 4.79 Å². The fraction of sp³-hybridized carbons (Fsp3) is 0.545. The highest BCUT2D eigenvalue weighted by Crippen LogP contribution is 2.06. The van der Waals surface area contributed by atoms with Gasteiger partial charge in [0.05, 0.1) is 7.11 Å². The number of ether oxygens (including phenoxy) is 1. The fourth-order valence-corrected chi connectivity index (χ4v) is 1.69. The third-order valence-corrected chi connectivity index (χ3v) is 2.80. The SMILES string of the molecule is COC(=O)c1nccc(NN2CCN(C)CC2)n1. The van der Waals surface area contributed by atoms with Crippen LogP contribution in [0.2, 0.25) is 0 Å². The number of likely N-dealkylation sites (N-methyl/N-ethyl adjacent to an activating group) is 1. The van der Waals surface area contributed by atoms with Crippen molar-refractivity contribution in [3.63, 3.8) is 0 Å². The van der Waals surface area contributed by atoms with Gasteiger partial charge < -0.3 is 15.1 Å². The summed E-state index contributed by atoms with van der Waals surface area (Å²) in [7, 11) is 3.41. The Bertz CT molecular complexity index is 418. The zero-order chi connectivity index (χ0) is 13.0. The van der Waals surface area contributed by atoms with Crippen molar-refractivity contribution in [2.45, 2.75) is 0 Å². The molecular weight excluding hydrogens is 234 g/mol. The van der Waals surface area contributed by atoms with Crippen molar-refractivity contribution >= 4 is 11.8 Å². The first kappa shape index (κ1) is 12.7. The Labute approximate surface area is 106 Å². The number of hydrogen-bond acceptors (Lipinski definition) is 7. The van der Waals surface area contributed by atoms with Crippen LogP contribution in [0.1, 0.15) is 10.6 Å². The van der Waals surface area contributed by atoms with Gasteiger partial charge in [0.2, 0.25) is 5.82 Å². The third-order valence-electron chi connectivity index (χ3n) is 2.80. The topological polar surface area (TPSA) is 70.6 Å². The van der Waals surface area contributed by atoms with Crippen molar-refractivity contribution < 1.29 is 9.53 Å². The molecule has 0 saturated carbocycles. The van der Waals surface area contributed by atoms with E-state index < -0.39 is 5.97 Å². The molecule has 1 fully saturated rings. The van der Waals surface area contributed by atoms with Crippen LogP contribution in [0.4, 0.5) is 5.82 Å². The number of hydrazine groups is 1. The van der Waals surface area contributed by atoms with Crippen LogP contribution < -0.4 is 5.43 Å². The van der Waals surface area contributed by atoms with Crippen LogP contribution in [0.3, 0.4) is 0 Å². The summed E-state index contributed by atoms with van der Waals surface area (Å²) in [6, 6.07) is 1.73. The van der Waals surface area contributed by atoms with Crippen molar-refractivity contribution in [3.8, 4) is 0 Å². The monoisotopic (exact) mass is 251 g/mol. The number of aromatic nitrogens is 2. The van der Waals surface area contributed by atoms with Crippen LogP contribution in [0.25, 0.3) is 0 Å². The lowest BCUT2D eigenvalue weighted by molar-refractivity contribution is 0.0586. The van der Waals surface area contributed by atoms with E-state index in [0.717, 1.165) is 26.2 Å². The lowest BCUT2D eigenvalue weighted by Crippen LogP contribution is -2.47. The molecule has 1 aliphatic rings. The van der Waals surface area contributed by atoms with Crippen LogP contribution in [0, 0.1) is 0 Å². The molecule has 0 amide bonds. The van der Waals surface area contributed by atoms with E-state index in [2.05, 4.69) is 37.1 Å². The number of rotatable bonds is 3. The zero-order valence-corrected chi connectivity index (χ0v) is 10.6. The van der Waals surface area contributed by atoms with Gasteiger partial charge >= 0.3 is 5.97 Å². The molecule has 0 aromatic carbocycles. The Morgan fingerprint density at radius 1 is 1.39 bits per heavy atom. The van der Waals surface area contributed by atoms with E-state index >= 15 is 0 Å². The van der Waals surface area contributed by atoms with Crippen LogP contribution in [-0.2, 0) is 4.74 Å². The average molecular weight is 251 g/mol. The van der Waals surface area contributed by atoms with E-state index in [1.807, 2.05) is 0 Å². The van der Waals surface area contributed by atoms with E-state index in [4.69, 9.17) is 0 Å². The van der Waals surface area contributed by atoms with Crippen LogP contribution in [0.5, 0.6) is 0 Å². The molecule has 0 unspecified atom stereocenters. The summed E-state index contributed by atoms with van der Waals surface area (Å²) in [4.78, 5) is 21.5. The van der Waals surface area contributed by atoms with Gasteiger partial charge in [-0.2, -0.15) is 0 Å². The number of carbonyl (C=O) groups is 1. The summed E-state index contributed by atoms with van der Waals surface area (Å²) < 4.78 is 4.58. The third kappa shape index (κ3) is 3.14. The molecule has 1 aromatic heterocycles. The molecule has 1 aromatic rings.